The molecule has 0 spiro atoms. The molecule has 1 aromatic rings. The summed E-state index contributed by atoms with van der Waals surface area (Å²) >= 11 is 4.60. The van der Waals surface area contributed by atoms with E-state index in [0.29, 0.717) is 9.05 Å². The zero-order valence-electron chi connectivity index (χ0n) is 7.90. The maximum atomic E-state index is 10.8. The summed E-state index contributed by atoms with van der Waals surface area (Å²) in [6.45, 7) is 4.11. The molecule has 2 N–H and O–H groups in total. The van der Waals surface area contributed by atoms with Gasteiger partial charge in [-0.1, -0.05) is 11.3 Å². The Balaban J connectivity index is 2.82. The molecular weight excluding hydrogens is 268 g/mol. The van der Waals surface area contributed by atoms with Crippen LogP contribution < -0.4 is 10.6 Å². The van der Waals surface area contributed by atoms with E-state index in [0.717, 1.165) is 0 Å². The first-order valence-electron chi connectivity index (χ1n) is 4.04. The summed E-state index contributed by atoms with van der Waals surface area (Å²) in [7, 11) is 0. The van der Waals surface area contributed by atoms with Crippen LogP contribution in [0.15, 0.2) is 3.92 Å². The highest BCUT2D eigenvalue weighted by Crippen LogP contribution is 2.25. The van der Waals surface area contributed by atoms with Crippen LogP contribution in [0, 0.1) is 0 Å². The van der Waals surface area contributed by atoms with Crippen LogP contribution in [0.25, 0.3) is 0 Å². The predicted octanol–water partition coefficient (Wildman–Crippen LogP) is 1.00. The number of nitrogens with two attached hydrogens (primary N) is 1. The Kier molecular flexibility index (Phi) is 3.82. The van der Waals surface area contributed by atoms with Crippen LogP contribution in [0.4, 0.5) is 5.13 Å². The standard InChI is InChI=1S/C7H11BrN4OS/c1-4(2)12(3-5(9)13)7-11-10-6(8)14-7/h4H,3H2,1-2H3,(H2,9,13). The Morgan fingerprint density at radius 2 is 2.29 bits per heavy atom. The van der Waals surface area contributed by atoms with Gasteiger partial charge in [-0.05, 0) is 29.8 Å². The first-order chi connectivity index (χ1) is 6.50. The average Bonchev–Trinajstić information content (AvgIpc) is 2.46. The summed E-state index contributed by atoms with van der Waals surface area (Å²) in [5.74, 6) is -0.370. The van der Waals surface area contributed by atoms with Crippen LogP contribution in [0.5, 0.6) is 0 Å². The Morgan fingerprint density at radius 3 is 2.64 bits per heavy atom. The number of carbonyl (C=O) groups excluding carboxylic acids is 1. The molecule has 7 heteroatoms. The van der Waals surface area contributed by atoms with Gasteiger partial charge < -0.3 is 10.6 Å². The maximum absolute atomic E-state index is 10.8. The van der Waals surface area contributed by atoms with Gasteiger partial charge in [0.05, 0.1) is 6.54 Å². The Bertz CT molecular complexity index is 327. The lowest BCUT2D eigenvalue weighted by Gasteiger charge is -2.23. The number of carbonyl (C=O) groups is 1. The van der Waals surface area contributed by atoms with E-state index in [2.05, 4.69) is 26.1 Å². The zero-order chi connectivity index (χ0) is 10.7. The monoisotopic (exact) mass is 278 g/mol. The number of hydrogen-bond acceptors (Lipinski definition) is 5. The van der Waals surface area contributed by atoms with Crippen LogP contribution in [0.2, 0.25) is 0 Å². The summed E-state index contributed by atoms with van der Waals surface area (Å²) in [5.41, 5.74) is 5.14. The van der Waals surface area contributed by atoms with Gasteiger partial charge in [-0.2, -0.15) is 0 Å². The van der Waals surface area contributed by atoms with Gasteiger partial charge in [-0.3, -0.25) is 4.79 Å². The van der Waals surface area contributed by atoms with Gasteiger partial charge in [0.25, 0.3) is 0 Å². The van der Waals surface area contributed by atoms with Gasteiger partial charge in [-0.25, -0.2) is 0 Å². The summed E-state index contributed by atoms with van der Waals surface area (Å²) < 4.78 is 0.697. The number of rotatable bonds is 4. The second-order valence-corrected chi connectivity index (χ2v) is 5.26. The van der Waals surface area contributed by atoms with Gasteiger partial charge >= 0.3 is 0 Å². The molecule has 1 heterocycles. The quantitative estimate of drug-likeness (QED) is 0.892. The molecule has 0 radical (unpaired) electrons. The van der Waals surface area contributed by atoms with E-state index in [-0.39, 0.29) is 18.5 Å². The lowest BCUT2D eigenvalue weighted by Crippen LogP contribution is -2.38. The highest BCUT2D eigenvalue weighted by molar-refractivity contribution is 9.11. The highest BCUT2D eigenvalue weighted by atomic mass is 79.9. The highest BCUT2D eigenvalue weighted by Gasteiger charge is 2.16. The van der Waals surface area contributed by atoms with Crippen molar-refractivity contribution in [3.63, 3.8) is 0 Å². The van der Waals surface area contributed by atoms with Crippen molar-refractivity contribution in [2.75, 3.05) is 11.4 Å². The third-order valence-corrected chi connectivity index (χ3v) is 2.98. The molecule has 78 valence electrons. The molecule has 0 aliphatic heterocycles. The van der Waals surface area contributed by atoms with Crippen LogP contribution in [-0.4, -0.2) is 28.7 Å². The van der Waals surface area contributed by atoms with Crippen LogP contribution in [0.1, 0.15) is 13.8 Å². The van der Waals surface area contributed by atoms with Crippen molar-refractivity contribution in [2.45, 2.75) is 19.9 Å². The first kappa shape index (κ1) is 11.4. The van der Waals surface area contributed by atoms with Gasteiger partial charge in [-0.15, -0.1) is 10.2 Å². The molecule has 0 unspecified atom stereocenters. The third kappa shape index (κ3) is 2.91. The first-order valence-corrected chi connectivity index (χ1v) is 5.65. The van der Waals surface area contributed by atoms with Crippen molar-refractivity contribution in [3.8, 4) is 0 Å². The molecule has 0 saturated carbocycles. The van der Waals surface area contributed by atoms with E-state index >= 15 is 0 Å². The summed E-state index contributed by atoms with van der Waals surface area (Å²) in [6.07, 6.45) is 0. The van der Waals surface area contributed by atoms with Crippen molar-refractivity contribution in [2.24, 2.45) is 5.73 Å². The van der Waals surface area contributed by atoms with Crippen molar-refractivity contribution < 1.29 is 4.79 Å². The number of aromatic nitrogens is 2. The normalized spacial score (nSPS) is 10.6. The van der Waals surface area contributed by atoms with Crippen molar-refractivity contribution in [1.29, 1.82) is 0 Å². The fourth-order valence-corrected chi connectivity index (χ4v) is 2.17. The largest absolute Gasteiger partial charge is 0.368 e. The molecule has 0 fully saturated rings. The van der Waals surface area contributed by atoms with Crippen LogP contribution in [-0.2, 0) is 4.79 Å². The topological polar surface area (TPSA) is 72.1 Å². The molecule has 0 aromatic carbocycles. The number of primary amides is 1. The average molecular weight is 279 g/mol. The Hall–Kier alpha value is -0.690. The van der Waals surface area contributed by atoms with Gasteiger partial charge in [0.15, 0.2) is 3.92 Å². The molecule has 1 aromatic heterocycles. The fraction of sp³-hybridized carbons (Fsp3) is 0.571. The number of halogens is 1. The second kappa shape index (κ2) is 4.70. The summed E-state index contributed by atoms with van der Waals surface area (Å²) in [4.78, 5) is 12.6. The number of hydrogen-bond donors (Lipinski definition) is 1. The SMILES string of the molecule is CC(C)N(CC(N)=O)c1nnc(Br)s1. The van der Waals surface area contributed by atoms with Crippen molar-refractivity contribution in [3.05, 3.63) is 3.92 Å². The number of anilines is 1. The van der Waals surface area contributed by atoms with E-state index < -0.39 is 0 Å². The maximum Gasteiger partial charge on any atom is 0.237 e. The predicted molar refractivity (Wildman–Crippen MR) is 59.3 cm³/mol. The Labute approximate surface area is 94.4 Å². The molecule has 0 atom stereocenters. The van der Waals surface area contributed by atoms with E-state index in [4.69, 9.17) is 5.73 Å². The molecule has 1 rings (SSSR count). The van der Waals surface area contributed by atoms with E-state index in [9.17, 15) is 4.79 Å². The Morgan fingerprint density at radius 1 is 1.64 bits per heavy atom. The molecule has 1 amide bonds. The van der Waals surface area contributed by atoms with Crippen molar-refractivity contribution in [1.82, 2.24) is 10.2 Å². The van der Waals surface area contributed by atoms with E-state index in [1.807, 2.05) is 18.7 Å². The summed E-state index contributed by atoms with van der Waals surface area (Å²) in [5, 5.41) is 8.45. The van der Waals surface area contributed by atoms with E-state index in [1.165, 1.54) is 11.3 Å². The number of amides is 1. The zero-order valence-corrected chi connectivity index (χ0v) is 10.3. The summed E-state index contributed by atoms with van der Waals surface area (Å²) in [6, 6.07) is 0.169. The fourth-order valence-electron chi connectivity index (χ4n) is 0.953. The van der Waals surface area contributed by atoms with Gasteiger partial charge in [0.2, 0.25) is 11.0 Å². The minimum absolute atomic E-state index is 0.166. The van der Waals surface area contributed by atoms with Gasteiger partial charge in [0.1, 0.15) is 0 Å². The number of nitrogens with zero attached hydrogens (tertiary/aromatic N) is 3. The molecular formula is C7H11BrN4OS. The van der Waals surface area contributed by atoms with Crippen LogP contribution >= 0.6 is 27.3 Å². The van der Waals surface area contributed by atoms with Crippen molar-refractivity contribution >= 4 is 38.3 Å². The molecule has 0 saturated heterocycles. The molecule has 0 aliphatic rings. The minimum atomic E-state index is -0.370. The van der Waals surface area contributed by atoms with E-state index in [1.54, 1.807) is 0 Å². The minimum Gasteiger partial charge on any atom is -0.368 e. The van der Waals surface area contributed by atoms with Gasteiger partial charge in [0, 0.05) is 6.04 Å². The van der Waals surface area contributed by atoms with Crippen LogP contribution in [0.3, 0.4) is 0 Å². The lowest BCUT2D eigenvalue weighted by atomic mass is 10.3. The third-order valence-electron chi connectivity index (χ3n) is 1.58. The molecule has 5 nitrogen and oxygen atoms in total. The smallest absolute Gasteiger partial charge is 0.237 e. The lowest BCUT2D eigenvalue weighted by molar-refractivity contribution is -0.116. The second-order valence-electron chi connectivity index (χ2n) is 3.03. The molecule has 0 aliphatic carbocycles. The molecule has 0 bridgehead atoms. The molecule has 14 heavy (non-hydrogen) atoms.